The van der Waals surface area contributed by atoms with E-state index in [2.05, 4.69) is 4.98 Å². The highest BCUT2D eigenvalue weighted by atomic mass is 35.5. The first-order valence-corrected chi connectivity index (χ1v) is 3.34. The maximum atomic E-state index is 8.54. The molecule has 0 amide bonds. The third kappa shape index (κ3) is 2.93. The van der Waals surface area contributed by atoms with Gasteiger partial charge in [0.2, 0.25) is 0 Å². The Hall–Kier alpha value is -0.510. The van der Waals surface area contributed by atoms with E-state index in [1.807, 2.05) is 18.3 Å². The molecule has 0 saturated heterocycles. The lowest BCUT2D eigenvalue weighted by Crippen LogP contribution is -2.11. The summed E-state index contributed by atoms with van der Waals surface area (Å²) in [5.74, 6) is 0. The zero-order chi connectivity index (χ0) is 7.40. The molecule has 3 nitrogen and oxygen atoms in total. The molecule has 0 saturated carbocycles. The number of nitrogens with two attached hydrogens (primary N) is 1. The van der Waals surface area contributed by atoms with E-state index < -0.39 is 0 Å². The van der Waals surface area contributed by atoms with Crippen molar-refractivity contribution in [2.24, 2.45) is 5.73 Å². The molecule has 1 atom stereocenters. The Labute approximate surface area is 72.0 Å². The second kappa shape index (κ2) is 5.18. The number of halogens is 1. The van der Waals surface area contributed by atoms with Gasteiger partial charge in [-0.2, -0.15) is 0 Å². The molecule has 0 aromatic carbocycles. The number of rotatable bonds is 3. The Bertz CT molecular complexity index is 177. The van der Waals surface area contributed by atoms with E-state index >= 15 is 0 Å². The third-order valence-corrected chi connectivity index (χ3v) is 1.46. The molecule has 1 rings (SSSR count). The van der Waals surface area contributed by atoms with Crippen molar-refractivity contribution in [1.82, 2.24) is 4.98 Å². The standard InChI is InChI=1S/C7H12N2O.ClH/c8-6(3-5-10)7-2-1-4-9-7;/h1-2,4,6,9-10H,3,5,8H2;1H/t6-;/m0./s1. The van der Waals surface area contributed by atoms with Crippen LogP contribution < -0.4 is 5.73 Å². The van der Waals surface area contributed by atoms with Crippen LogP contribution in [0.4, 0.5) is 0 Å². The van der Waals surface area contributed by atoms with Crippen LogP contribution in [0.3, 0.4) is 0 Å². The fourth-order valence-electron chi connectivity index (χ4n) is 0.869. The van der Waals surface area contributed by atoms with E-state index in [-0.39, 0.29) is 25.1 Å². The summed E-state index contributed by atoms with van der Waals surface area (Å²) in [6, 6.07) is 3.76. The molecule has 0 fully saturated rings. The summed E-state index contributed by atoms with van der Waals surface area (Å²) in [6.07, 6.45) is 2.44. The largest absolute Gasteiger partial charge is 0.396 e. The Morgan fingerprint density at radius 2 is 2.36 bits per heavy atom. The zero-order valence-electron chi connectivity index (χ0n) is 6.16. The molecule has 4 heteroatoms. The summed E-state index contributed by atoms with van der Waals surface area (Å²) in [5.41, 5.74) is 6.64. The summed E-state index contributed by atoms with van der Waals surface area (Å²) < 4.78 is 0. The normalized spacial score (nSPS) is 12.2. The summed E-state index contributed by atoms with van der Waals surface area (Å²) >= 11 is 0. The fourth-order valence-corrected chi connectivity index (χ4v) is 0.869. The smallest absolute Gasteiger partial charge is 0.0469 e. The summed E-state index contributed by atoms with van der Waals surface area (Å²) in [7, 11) is 0. The van der Waals surface area contributed by atoms with Gasteiger partial charge in [0.1, 0.15) is 0 Å². The van der Waals surface area contributed by atoms with Crippen LogP contribution in [0.15, 0.2) is 18.3 Å². The van der Waals surface area contributed by atoms with Crippen LogP contribution in [0.5, 0.6) is 0 Å². The van der Waals surface area contributed by atoms with Crippen molar-refractivity contribution in [3.8, 4) is 0 Å². The number of aromatic nitrogens is 1. The van der Waals surface area contributed by atoms with Gasteiger partial charge in [-0.15, -0.1) is 12.4 Å². The zero-order valence-corrected chi connectivity index (χ0v) is 6.97. The molecule has 64 valence electrons. The minimum absolute atomic E-state index is 0. The maximum Gasteiger partial charge on any atom is 0.0469 e. The van der Waals surface area contributed by atoms with Crippen LogP contribution in [0.1, 0.15) is 18.2 Å². The Morgan fingerprint density at radius 3 is 2.82 bits per heavy atom. The molecule has 4 N–H and O–H groups in total. The topological polar surface area (TPSA) is 62.0 Å². The number of aliphatic hydroxyl groups excluding tert-OH is 1. The van der Waals surface area contributed by atoms with Crippen molar-refractivity contribution in [3.05, 3.63) is 24.0 Å². The molecule has 0 aliphatic carbocycles. The predicted octanol–water partition coefficient (Wildman–Crippen LogP) is 0.819. The van der Waals surface area contributed by atoms with Gasteiger partial charge in [0.05, 0.1) is 0 Å². The van der Waals surface area contributed by atoms with E-state index in [0.29, 0.717) is 6.42 Å². The van der Waals surface area contributed by atoms with Crippen LogP contribution in [0, 0.1) is 0 Å². The SMILES string of the molecule is Cl.N[C@@H](CCO)c1ccc[nH]1. The molecule has 1 aromatic heterocycles. The van der Waals surface area contributed by atoms with E-state index in [1.54, 1.807) is 0 Å². The predicted molar refractivity (Wildman–Crippen MR) is 46.7 cm³/mol. The van der Waals surface area contributed by atoms with Crippen molar-refractivity contribution >= 4 is 12.4 Å². The second-order valence-electron chi connectivity index (χ2n) is 2.24. The number of aromatic amines is 1. The van der Waals surface area contributed by atoms with Crippen molar-refractivity contribution in [2.75, 3.05) is 6.61 Å². The first-order valence-electron chi connectivity index (χ1n) is 3.34. The average Bonchev–Trinajstić information content (AvgIpc) is 2.38. The van der Waals surface area contributed by atoms with Gasteiger partial charge in [0.25, 0.3) is 0 Å². The van der Waals surface area contributed by atoms with Crippen molar-refractivity contribution in [1.29, 1.82) is 0 Å². The molecule has 0 unspecified atom stereocenters. The average molecular weight is 177 g/mol. The molecule has 0 spiro atoms. The highest BCUT2D eigenvalue weighted by Gasteiger charge is 2.03. The van der Waals surface area contributed by atoms with Gasteiger partial charge < -0.3 is 15.8 Å². The number of H-pyrrole nitrogens is 1. The van der Waals surface area contributed by atoms with Crippen LogP contribution in [0.25, 0.3) is 0 Å². The Balaban J connectivity index is 0.000001000. The second-order valence-corrected chi connectivity index (χ2v) is 2.24. The van der Waals surface area contributed by atoms with E-state index in [0.717, 1.165) is 5.69 Å². The van der Waals surface area contributed by atoms with Gasteiger partial charge >= 0.3 is 0 Å². The van der Waals surface area contributed by atoms with Gasteiger partial charge in [-0.05, 0) is 18.6 Å². The molecule has 0 aliphatic rings. The highest BCUT2D eigenvalue weighted by Crippen LogP contribution is 2.09. The van der Waals surface area contributed by atoms with Crippen LogP contribution in [-0.4, -0.2) is 16.7 Å². The van der Waals surface area contributed by atoms with Crippen LogP contribution in [-0.2, 0) is 0 Å². The highest BCUT2D eigenvalue weighted by molar-refractivity contribution is 5.85. The summed E-state index contributed by atoms with van der Waals surface area (Å²) in [6.45, 7) is 0.139. The van der Waals surface area contributed by atoms with E-state index in [4.69, 9.17) is 10.8 Å². The monoisotopic (exact) mass is 176 g/mol. The number of hydrogen-bond acceptors (Lipinski definition) is 2. The first-order chi connectivity index (χ1) is 4.84. The van der Waals surface area contributed by atoms with Crippen LogP contribution in [0.2, 0.25) is 0 Å². The molecule has 1 heterocycles. The third-order valence-electron chi connectivity index (χ3n) is 1.46. The van der Waals surface area contributed by atoms with E-state index in [9.17, 15) is 0 Å². The maximum absolute atomic E-state index is 8.54. The lowest BCUT2D eigenvalue weighted by Gasteiger charge is -2.05. The Morgan fingerprint density at radius 1 is 1.64 bits per heavy atom. The van der Waals surface area contributed by atoms with Gasteiger partial charge in [-0.25, -0.2) is 0 Å². The first kappa shape index (κ1) is 10.5. The molecule has 0 bridgehead atoms. The van der Waals surface area contributed by atoms with Crippen molar-refractivity contribution in [2.45, 2.75) is 12.5 Å². The fraction of sp³-hybridized carbons (Fsp3) is 0.429. The molecular formula is C7H13ClN2O. The Kier molecular flexibility index (Phi) is 4.94. The van der Waals surface area contributed by atoms with Gasteiger partial charge in [0.15, 0.2) is 0 Å². The van der Waals surface area contributed by atoms with E-state index in [1.165, 1.54) is 0 Å². The van der Waals surface area contributed by atoms with Gasteiger partial charge in [0, 0.05) is 24.5 Å². The number of hydrogen-bond donors (Lipinski definition) is 3. The summed E-state index contributed by atoms with van der Waals surface area (Å²) in [5, 5.41) is 8.54. The minimum Gasteiger partial charge on any atom is -0.396 e. The number of aliphatic hydroxyl groups is 1. The van der Waals surface area contributed by atoms with Crippen molar-refractivity contribution in [3.63, 3.8) is 0 Å². The lowest BCUT2D eigenvalue weighted by molar-refractivity contribution is 0.276. The lowest BCUT2D eigenvalue weighted by atomic mass is 10.2. The summed E-state index contributed by atoms with van der Waals surface area (Å²) in [4.78, 5) is 2.99. The van der Waals surface area contributed by atoms with Gasteiger partial charge in [-0.3, -0.25) is 0 Å². The number of nitrogens with one attached hydrogen (secondary N) is 1. The quantitative estimate of drug-likeness (QED) is 0.639. The molecule has 0 radical (unpaired) electrons. The molecule has 11 heavy (non-hydrogen) atoms. The van der Waals surface area contributed by atoms with Gasteiger partial charge in [-0.1, -0.05) is 0 Å². The molecule has 0 aliphatic heterocycles. The van der Waals surface area contributed by atoms with Crippen molar-refractivity contribution < 1.29 is 5.11 Å². The van der Waals surface area contributed by atoms with Crippen LogP contribution >= 0.6 is 12.4 Å². The molecular weight excluding hydrogens is 164 g/mol. The molecule has 1 aromatic rings. The minimum atomic E-state index is -0.0556.